The summed E-state index contributed by atoms with van der Waals surface area (Å²) in [6.45, 7) is 7.18. The second-order valence-corrected chi connectivity index (χ2v) is 11.6. The first kappa shape index (κ1) is 34.1. The number of alkyl carbamates (subject to hydrolysis) is 1. The Morgan fingerprint density at radius 1 is 1.22 bits per heavy atom. The van der Waals surface area contributed by atoms with Crippen LogP contribution in [-0.2, 0) is 25.6 Å². The number of fused-ring (bicyclic) bond motifs is 1. The maximum Gasteiger partial charge on any atom is 0.408 e. The Morgan fingerprint density at radius 2 is 1.98 bits per heavy atom. The number of rotatable bonds is 10. The van der Waals surface area contributed by atoms with E-state index in [9.17, 15) is 29.7 Å². The summed E-state index contributed by atoms with van der Waals surface area (Å²) in [5.41, 5.74) is 1.61. The van der Waals surface area contributed by atoms with Crippen molar-refractivity contribution in [3.05, 3.63) is 48.0 Å². The van der Waals surface area contributed by atoms with Crippen LogP contribution in [-0.4, -0.2) is 108 Å². The van der Waals surface area contributed by atoms with E-state index >= 15 is 0 Å². The molecule has 0 radical (unpaired) electrons. The number of aliphatic hydroxyl groups excluding tert-OH is 3. The molecule has 1 aliphatic rings. The van der Waals surface area contributed by atoms with Gasteiger partial charge in [-0.2, -0.15) is 0 Å². The number of carbonyl (C=O) groups excluding carboxylic acids is 3. The van der Waals surface area contributed by atoms with Gasteiger partial charge in [-0.05, 0) is 45.4 Å². The van der Waals surface area contributed by atoms with Crippen molar-refractivity contribution in [2.45, 2.75) is 76.7 Å². The number of imidazole rings is 1. The molecule has 0 bridgehead atoms. The van der Waals surface area contributed by atoms with Gasteiger partial charge in [0.2, 0.25) is 12.3 Å². The Kier molecular flexibility index (Phi) is 10.7. The molecule has 16 heteroatoms. The Bertz CT molecular complexity index is 1610. The summed E-state index contributed by atoms with van der Waals surface area (Å²) in [6.07, 6.45) is -4.38. The first-order chi connectivity index (χ1) is 21.8. The third-order valence-corrected chi connectivity index (χ3v) is 6.88. The second-order valence-electron chi connectivity index (χ2n) is 11.6. The zero-order valence-corrected chi connectivity index (χ0v) is 26.0. The van der Waals surface area contributed by atoms with E-state index in [1.165, 1.54) is 24.3 Å². The van der Waals surface area contributed by atoms with Gasteiger partial charge in [0.1, 0.15) is 36.3 Å². The zero-order valence-electron chi connectivity index (χ0n) is 26.0. The van der Waals surface area contributed by atoms with Gasteiger partial charge in [-0.25, -0.2) is 19.7 Å². The molecular formula is C30H38N8O8. The fourth-order valence-electron chi connectivity index (χ4n) is 4.55. The smallest absolute Gasteiger partial charge is 0.408 e. The van der Waals surface area contributed by atoms with Crippen molar-refractivity contribution in [2.75, 3.05) is 18.9 Å². The average molecular weight is 639 g/mol. The lowest BCUT2D eigenvalue weighted by atomic mass is 10.1. The molecule has 246 valence electrons. The fraction of sp³-hybridized carbons (Fsp3) is 0.467. The number of nitrogens with one attached hydrogen (secondary N) is 3. The van der Waals surface area contributed by atoms with Crippen LogP contribution in [0.1, 0.15) is 45.0 Å². The first-order valence-corrected chi connectivity index (χ1v) is 14.4. The molecule has 3 aromatic rings. The molecular weight excluding hydrogens is 600 g/mol. The zero-order chi connectivity index (χ0) is 33.6. The highest BCUT2D eigenvalue weighted by Gasteiger charge is 2.48. The Morgan fingerprint density at radius 3 is 2.70 bits per heavy atom. The lowest BCUT2D eigenvalue weighted by molar-refractivity contribution is -0.149. The Labute approximate surface area is 265 Å². The van der Waals surface area contributed by atoms with Gasteiger partial charge in [0.25, 0.3) is 0 Å². The SMILES string of the molecule is C[C@H](NC(=O)OC(C)(C)C)C(=O)NCC#Cc1cccc(CNc2ncnc3c2ncn3[C@@H]2O[C@H](C(O)N(C)C=O)[C@@H](O)[C@H]2O)c1. The highest BCUT2D eigenvalue weighted by atomic mass is 16.6. The molecule has 1 fully saturated rings. The van der Waals surface area contributed by atoms with E-state index in [1.54, 1.807) is 27.7 Å². The fourth-order valence-corrected chi connectivity index (χ4v) is 4.55. The van der Waals surface area contributed by atoms with E-state index in [0.717, 1.165) is 10.5 Å². The molecule has 2 aromatic heterocycles. The molecule has 46 heavy (non-hydrogen) atoms. The molecule has 16 nitrogen and oxygen atoms in total. The van der Waals surface area contributed by atoms with Crippen LogP contribution in [0, 0.1) is 11.8 Å². The van der Waals surface area contributed by atoms with Crippen LogP contribution in [0.4, 0.5) is 10.6 Å². The van der Waals surface area contributed by atoms with Crippen LogP contribution in [0.25, 0.3) is 11.2 Å². The molecule has 4 rings (SSSR count). The van der Waals surface area contributed by atoms with E-state index in [-0.39, 0.29) is 6.54 Å². The number of likely N-dealkylation sites (N-methyl/N-ethyl adjacent to an activating group) is 1. The molecule has 3 amide bonds. The highest BCUT2D eigenvalue weighted by Crippen LogP contribution is 2.34. The number of ether oxygens (including phenoxy) is 2. The van der Waals surface area contributed by atoms with Gasteiger partial charge in [-0.15, -0.1) is 0 Å². The molecule has 6 N–H and O–H groups in total. The number of amides is 3. The molecule has 6 atom stereocenters. The summed E-state index contributed by atoms with van der Waals surface area (Å²) >= 11 is 0. The van der Waals surface area contributed by atoms with Crippen molar-refractivity contribution in [1.29, 1.82) is 0 Å². The Balaban J connectivity index is 1.35. The quantitative estimate of drug-likeness (QED) is 0.0972. The van der Waals surface area contributed by atoms with Crippen LogP contribution >= 0.6 is 0 Å². The van der Waals surface area contributed by atoms with Crippen molar-refractivity contribution >= 4 is 35.4 Å². The van der Waals surface area contributed by atoms with E-state index < -0.39 is 54.4 Å². The minimum absolute atomic E-state index is 0.0765. The minimum atomic E-state index is -1.48. The van der Waals surface area contributed by atoms with Crippen LogP contribution in [0.5, 0.6) is 0 Å². The number of aromatic nitrogens is 4. The summed E-state index contributed by atoms with van der Waals surface area (Å²) in [5.74, 6) is 5.90. The van der Waals surface area contributed by atoms with Crippen LogP contribution in [0.3, 0.4) is 0 Å². The van der Waals surface area contributed by atoms with E-state index in [0.29, 0.717) is 35.5 Å². The Hall–Kier alpha value is -4.82. The molecule has 0 spiro atoms. The van der Waals surface area contributed by atoms with Crippen molar-refractivity contribution in [2.24, 2.45) is 0 Å². The van der Waals surface area contributed by atoms with Gasteiger partial charge in [0, 0.05) is 19.2 Å². The third-order valence-electron chi connectivity index (χ3n) is 6.88. The van der Waals surface area contributed by atoms with Crippen molar-refractivity contribution in [3.63, 3.8) is 0 Å². The number of aliphatic hydroxyl groups is 3. The van der Waals surface area contributed by atoms with Gasteiger partial charge in [-0.3, -0.25) is 14.2 Å². The largest absolute Gasteiger partial charge is 0.444 e. The van der Waals surface area contributed by atoms with Crippen LogP contribution < -0.4 is 16.0 Å². The number of hydrogen-bond donors (Lipinski definition) is 6. The van der Waals surface area contributed by atoms with Gasteiger partial charge >= 0.3 is 6.09 Å². The summed E-state index contributed by atoms with van der Waals surface area (Å²) < 4.78 is 12.3. The van der Waals surface area contributed by atoms with Crippen molar-refractivity contribution in [3.8, 4) is 11.8 Å². The molecule has 3 heterocycles. The normalized spacial score (nSPS) is 20.6. The van der Waals surface area contributed by atoms with E-state index in [1.807, 2.05) is 24.3 Å². The van der Waals surface area contributed by atoms with Crippen LogP contribution in [0.15, 0.2) is 36.9 Å². The van der Waals surface area contributed by atoms with Crippen LogP contribution in [0.2, 0.25) is 0 Å². The lowest BCUT2D eigenvalue weighted by Gasteiger charge is -2.26. The average Bonchev–Trinajstić information content (AvgIpc) is 3.57. The summed E-state index contributed by atoms with van der Waals surface area (Å²) in [6, 6.07) is 6.64. The number of nitrogens with zero attached hydrogens (tertiary/aromatic N) is 5. The molecule has 1 saturated heterocycles. The molecule has 1 aliphatic heterocycles. The molecule has 1 unspecified atom stereocenters. The van der Waals surface area contributed by atoms with Gasteiger partial charge in [0.05, 0.1) is 12.9 Å². The standard InChI is InChI=1S/C30H38N8O8/c1-17(36-29(44)46-30(2,3)4)26(42)31-11-7-10-18-8-6-9-19(12-18)13-32-24-20-25(34-14-33-24)38(15-35-20)28-22(41)21(40)23(45-28)27(43)37(5)16-39/h6,8-9,12,14-17,21-23,27-28,40-41,43H,11,13H2,1-5H3,(H,31,42)(H,36,44)(H,32,33,34)/t17-,21-,22+,23-,27?,28+/m0/s1. The van der Waals surface area contributed by atoms with Gasteiger partial charge < -0.3 is 45.6 Å². The lowest BCUT2D eigenvalue weighted by Crippen LogP contribution is -2.46. The van der Waals surface area contributed by atoms with E-state index in [4.69, 9.17) is 9.47 Å². The van der Waals surface area contributed by atoms with Crippen molar-refractivity contribution < 1.29 is 39.2 Å². The summed E-state index contributed by atoms with van der Waals surface area (Å²) in [5, 5.41) is 39.8. The second kappa shape index (κ2) is 14.5. The number of anilines is 1. The predicted molar refractivity (Wildman–Crippen MR) is 164 cm³/mol. The molecule has 0 aliphatic carbocycles. The topological polar surface area (TPSA) is 213 Å². The molecule has 1 aromatic carbocycles. The first-order valence-electron chi connectivity index (χ1n) is 14.4. The summed E-state index contributed by atoms with van der Waals surface area (Å²) in [4.78, 5) is 49.0. The van der Waals surface area contributed by atoms with E-state index in [2.05, 4.69) is 42.7 Å². The van der Waals surface area contributed by atoms with Gasteiger partial charge in [-0.1, -0.05) is 24.0 Å². The predicted octanol–water partition coefficient (Wildman–Crippen LogP) is -0.155. The summed E-state index contributed by atoms with van der Waals surface area (Å²) in [7, 11) is 1.32. The minimum Gasteiger partial charge on any atom is -0.444 e. The maximum absolute atomic E-state index is 12.3. The number of carbonyl (C=O) groups is 3. The third kappa shape index (κ3) is 8.25. The number of hydrogen-bond acceptors (Lipinski definition) is 12. The maximum atomic E-state index is 12.3. The number of benzene rings is 1. The van der Waals surface area contributed by atoms with Crippen molar-refractivity contribution in [1.82, 2.24) is 35.1 Å². The highest BCUT2D eigenvalue weighted by molar-refractivity contribution is 5.85. The monoisotopic (exact) mass is 638 g/mol. The molecule has 0 saturated carbocycles. The van der Waals surface area contributed by atoms with Gasteiger partial charge in [0.15, 0.2) is 29.4 Å².